The second-order valence-corrected chi connectivity index (χ2v) is 5.18. The Bertz CT molecular complexity index is 548. The number of methoxy groups -OCH3 is 1. The van der Waals surface area contributed by atoms with E-state index >= 15 is 0 Å². The zero-order chi connectivity index (χ0) is 13.8. The molecule has 102 valence electrons. The molecule has 0 aliphatic carbocycles. The van der Waals surface area contributed by atoms with E-state index in [1.807, 2.05) is 43.5 Å². The van der Waals surface area contributed by atoms with Crippen LogP contribution in [0.4, 0.5) is 0 Å². The van der Waals surface area contributed by atoms with Gasteiger partial charge in [-0.1, -0.05) is 11.6 Å². The fraction of sp³-hybridized carbons (Fsp3) is 0.333. The Morgan fingerprint density at radius 3 is 2.74 bits per heavy atom. The maximum Gasteiger partial charge on any atom is 0.135 e. The van der Waals surface area contributed by atoms with E-state index in [1.54, 1.807) is 7.11 Å². The number of aryl methyl sites for hydroxylation is 1. The molecule has 19 heavy (non-hydrogen) atoms. The molecule has 1 unspecified atom stereocenters. The quantitative estimate of drug-likeness (QED) is 0.909. The van der Waals surface area contributed by atoms with Gasteiger partial charge in [-0.2, -0.15) is 0 Å². The summed E-state index contributed by atoms with van der Waals surface area (Å²) in [4.78, 5) is 0.800. The van der Waals surface area contributed by atoms with Gasteiger partial charge < -0.3 is 14.6 Å². The average Bonchev–Trinajstić information content (AvgIpc) is 2.88. The molecule has 2 rings (SSSR count). The van der Waals surface area contributed by atoms with Crippen molar-refractivity contribution in [1.82, 2.24) is 0 Å². The molecule has 0 bridgehead atoms. The highest BCUT2D eigenvalue weighted by molar-refractivity contribution is 7.10. The van der Waals surface area contributed by atoms with Crippen LogP contribution in [-0.2, 0) is 0 Å². The van der Waals surface area contributed by atoms with Gasteiger partial charge in [0.2, 0.25) is 0 Å². The number of ether oxygens (including phenoxy) is 2. The molecule has 1 atom stereocenters. The van der Waals surface area contributed by atoms with E-state index in [4.69, 9.17) is 9.47 Å². The average molecular weight is 278 g/mol. The van der Waals surface area contributed by atoms with Crippen LogP contribution in [0.1, 0.15) is 29.0 Å². The number of aliphatic hydroxyl groups excluding tert-OH is 1. The van der Waals surface area contributed by atoms with Crippen molar-refractivity contribution in [3.05, 3.63) is 45.6 Å². The third-order valence-corrected chi connectivity index (χ3v) is 3.84. The van der Waals surface area contributed by atoms with Crippen molar-refractivity contribution >= 4 is 11.3 Å². The summed E-state index contributed by atoms with van der Waals surface area (Å²) >= 11 is 1.48. The van der Waals surface area contributed by atoms with Crippen molar-refractivity contribution in [2.75, 3.05) is 13.7 Å². The predicted molar refractivity (Wildman–Crippen MR) is 77.3 cm³/mol. The lowest BCUT2D eigenvalue weighted by Crippen LogP contribution is -2.04. The van der Waals surface area contributed by atoms with Gasteiger partial charge in [-0.05, 0) is 37.4 Å². The highest BCUT2D eigenvalue weighted by atomic mass is 32.1. The molecule has 4 heteroatoms. The second kappa shape index (κ2) is 6.08. The second-order valence-electron chi connectivity index (χ2n) is 4.23. The topological polar surface area (TPSA) is 38.7 Å². The zero-order valence-corrected chi connectivity index (χ0v) is 12.2. The van der Waals surface area contributed by atoms with E-state index < -0.39 is 6.10 Å². The summed E-state index contributed by atoms with van der Waals surface area (Å²) in [6.07, 6.45) is -0.726. The molecule has 0 aliphatic heterocycles. The molecule has 0 saturated carbocycles. The summed E-state index contributed by atoms with van der Waals surface area (Å²) in [5, 5.41) is 12.5. The molecular weight excluding hydrogens is 260 g/mol. The minimum atomic E-state index is -0.726. The number of hydrogen-bond donors (Lipinski definition) is 1. The standard InChI is InChI=1S/C15H18O3S/c1-4-18-12-6-5-10(2)9-11(12)14(16)15-13(17-3)7-8-19-15/h5-9,14,16H,4H2,1-3H3. The van der Waals surface area contributed by atoms with Gasteiger partial charge in [0.05, 0.1) is 18.6 Å². The number of benzene rings is 1. The van der Waals surface area contributed by atoms with Gasteiger partial charge in [-0.25, -0.2) is 0 Å². The summed E-state index contributed by atoms with van der Waals surface area (Å²) in [5.41, 5.74) is 1.87. The summed E-state index contributed by atoms with van der Waals surface area (Å²) in [7, 11) is 1.61. The first kappa shape index (κ1) is 13.9. The van der Waals surface area contributed by atoms with Gasteiger partial charge in [0, 0.05) is 5.56 Å². The van der Waals surface area contributed by atoms with E-state index in [2.05, 4.69) is 0 Å². The summed E-state index contributed by atoms with van der Waals surface area (Å²) in [6, 6.07) is 7.69. The Hall–Kier alpha value is -1.52. The molecule has 2 aromatic rings. The molecule has 0 aliphatic rings. The van der Waals surface area contributed by atoms with Crippen LogP contribution in [0.3, 0.4) is 0 Å². The Labute approximate surface area is 117 Å². The lowest BCUT2D eigenvalue weighted by molar-refractivity contribution is 0.211. The molecule has 0 amide bonds. The largest absolute Gasteiger partial charge is 0.495 e. The minimum absolute atomic E-state index is 0.574. The van der Waals surface area contributed by atoms with E-state index in [0.29, 0.717) is 12.4 Å². The first-order valence-corrected chi connectivity index (χ1v) is 7.08. The molecule has 0 saturated heterocycles. The van der Waals surface area contributed by atoms with Crippen LogP contribution in [0.15, 0.2) is 29.6 Å². The van der Waals surface area contributed by atoms with Gasteiger partial charge >= 0.3 is 0 Å². The van der Waals surface area contributed by atoms with Crippen LogP contribution in [-0.4, -0.2) is 18.8 Å². The predicted octanol–water partition coefficient (Wildman–Crippen LogP) is 3.55. The van der Waals surface area contributed by atoms with Gasteiger partial charge in [0.25, 0.3) is 0 Å². The van der Waals surface area contributed by atoms with Crippen molar-refractivity contribution in [1.29, 1.82) is 0 Å². The number of thiophene rings is 1. The number of hydrogen-bond acceptors (Lipinski definition) is 4. The molecule has 3 nitrogen and oxygen atoms in total. The SMILES string of the molecule is CCOc1ccc(C)cc1C(O)c1sccc1OC. The van der Waals surface area contributed by atoms with E-state index in [9.17, 15) is 5.11 Å². The van der Waals surface area contributed by atoms with Crippen molar-refractivity contribution < 1.29 is 14.6 Å². The lowest BCUT2D eigenvalue weighted by atomic mass is 10.0. The number of rotatable bonds is 5. The van der Waals surface area contributed by atoms with Crippen LogP contribution < -0.4 is 9.47 Å². The molecule has 1 aromatic carbocycles. The van der Waals surface area contributed by atoms with Crippen molar-refractivity contribution in [2.24, 2.45) is 0 Å². The maximum atomic E-state index is 10.6. The summed E-state index contributed by atoms with van der Waals surface area (Å²) < 4.78 is 10.9. The van der Waals surface area contributed by atoms with Gasteiger partial charge in [0.15, 0.2) is 0 Å². The van der Waals surface area contributed by atoms with Crippen LogP contribution in [0.5, 0.6) is 11.5 Å². The number of aliphatic hydroxyl groups is 1. The monoisotopic (exact) mass is 278 g/mol. The smallest absolute Gasteiger partial charge is 0.135 e. The third kappa shape index (κ3) is 2.91. The highest BCUT2D eigenvalue weighted by Gasteiger charge is 2.20. The Morgan fingerprint density at radius 2 is 2.05 bits per heavy atom. The summed E-state index contributed by atoms with van der Waals surface area (Å²) in [5.74, 6) is 1.43. The highest BCUT2D eigenvalue weighted by Crippen LogP contribution is 2.38. The Morgan fingerprint density at radius 1 is 1.26 bits per heavy atom. The van der Waals surface area contributed by atoms with Crippen molar-refractivity contribution in [3.8, 4) is 11.5 Å². The van der Waals surface area contributed by atoms with Gasteiger partial charge in [0.1, 0.15) is 17.6 Å². The Kier molecular flexibility index (Phi) is 4.45. The van der Waals surface area contributed by atoms with Gasteiger partial charge in [-0.3, -0.25) is 0 Å². The molecule has 1 aromatic heterocycles. The van der Waals surface area contributed by atoms with E-state index in [1.165, 1.54) is 11.3 Å². The lowest BCUT2D eigenvalue weighted by Gasteiger charge is -2.16. The molecule has 0 fully saturated rings. The molecule has 0 radical (unpaired) electrons. The van der Waals surface area contributed by atoms with Crippen LogP contribution in [0.25, 0.3) is 0 Å². The first-order chi connectivity index (χ1) is 9.17. The fourth-order valence-corrected chi connectivity index (χ4v) is 2.85. The Balaban J connectivity index is 2.42. The fourth-order valence-electron chi connectivity index (χ4n) is 1.99. The van der Waals surface area contributed by atoms with Crippen molar-refractivity contribution in [2.45, 2.75) is 20.0 Å². The van der Waals surface area contributed by atoms with E-state index in [-0.39, 0.29) is 0 Å². The maximum absolute atomic E-state index is 10.6. The summed E-state index contributed by atoms with van der Waals surface area (Å²) in [6.45, 7) is 4.50. The molecule has 1 N–H and O–H groups in total. The van der Waals surface area contributed by atoms with Gasteiger partial charge in [-0.15, -0.1) is 11.3 Å². The molecule has 0 spiro atoms. The third-order valence-electron chi connectivity index (χ3n) is 2.89. The van der Waals surface area contributed by atoms with Crippen LogP contribution >= 0.6 is 11.3 Å². The van der Waals surface area contributed by atoms with E-state index in [0.717, 1.165) is 21.8 Å². The first-order valence-electron chi connectivity index (χ1n) is 6.20. The van der Waals surface area contributed by atoms with Crippen LogP contribution in [0.2, 0.25) is 0 Å². The molecule has 1 heterocycles. The van der Waals surface area contributed by atoms with Crippen LogP contribution in [0, 0.1) is 6.92 Å². The zero-order valence-electron chi connectivity index (χ0n) is 11.3. The van der Waals surface area contributed by atoms with Crippen molar-refractivity contribution in [3.63, 3.8) is 0 Å². The normalized spacial score (nSPS) is 12.2. The molecular formula is C15H18O3S. The minimum Gasteiger partial charge on any atom is -0.495 e.